The van der Waals surface area contributed by atoms with Gasteiger partial charge in [0, 0.05) is 11.8 Å². The Balaban J connectivity index is 1.91. The highest BCUT2D eigenvalue weighted by atomic mass is 16.5. The molecule has 124 valence electrons. The minimum Gasteiger partial charge on any atom is -0.494 e. The third-order valence-corrected chi connectivity index (χ3v) is 3.18. The van der Waals surface area contributed by atoms with Crippen molar-refractivity contribution in [1.82, 2.24) is 0 Å². The summed E-state index contributed by atoms with van der Waals surface area (Å²) in [5.41, 5.74) is 1.60. The first-order valence-corrected chi connectivity index (χ1v) is 7.64. The molecule has 0 radical (unpaired) electrons. The van der Waals surface area contributed by atoms with Crippen molar-refractivity contribution in [2.75, 3.05) is 11.9 Å². The summed E-state index contributed by atoms with van der Waals surface area (Å²) in [5, 5.41) is 11.5. The molecule has 5 nitrogen and oxygen atoms in total. The van der Waals surface area contributed by atoms with E-state index < -0.39 is 5.97 Å². The Morgan fingerprint density at radius 1 is 1.08 bits per heavy atom. The van der Waals surface area contributed by atoms with Crippen LogP contribution in [0.15, 0.2) is 54.6 Å². The summed E-state index contributed by atoms with van der Waals surface area (Å²) in [4.78, 5) is 22.6. The summed E-state index contributed by atoms with van der Waals surface area (Å²) in [5.74, 6) is -0.486. The van der Waals surface area contributed by atoms with Crippen LogP contribution in [-0.2, 0) is 4.79 Å². The zero-order chi connectivity index (χ0) is 17.4. The van der Waals surface area contributed by atoms with E-state index in [1.807, 2.05) is 31.2 Å². The number of ether oxygens (including phenoxy) is 1. The van der Waals surface area contributed by atoms with Gasteiger partial charge in [-0.05, 0) is 54.5 Å². The standard InChI is InChI=1S/C19H19NO4/c1-2-13-24-17-10-3-14(4-11-17)5-12-18(21)20-16-8-6-15(7-9-16)19(22)23/h3-12H,2,13H2,1H3,(H,20,21)(H,22,23)/b12-5+. The van der Waals surface area contributed by atoms with Crippen LogP contribution in [0.5, 0.6) is 5.75 Å². The molecule has 0 saturated heterocycles. The van der Waals surface area contributed by atoms with Gasteiger partial charge in [0.15, 0.2) is 0 Å². The quantitative estimate of drug-likeness (QED) is 0.759. The highest BCUT2D eigenvalue weighted by molar-refractivity contribution is 6.02. The molecule has 2 N–H and O–H groups in total. The molecule has 0 aliphatic rings. The van der Waals surface area contributed by atoms with E-state index in [2.05, 4.69) is 5.32 Å². The predicted octanol–water partition coefficient (Wildman–Crippen LogP) is 3.83. The first-order valence-electron chi connectivity index (χ1n) is 7.64. The van der Waals surface area contributed by atoms with Crippen molar-refractivity contribution in [3.63, 3.8) is 0 Å². The third kappa shape index (κ3) is 5.28. The average Bonchev–Trinajstić information content (AvgIpc) is 2.59. The zero-order valence-electron chi connectivity index (χ0n) is 13.4. The molecule has 0 aromatic heterocycles. The van der Waals surface area contributed by atoms with Gasteiger partial charge in [-0.15, -0.1) is 0 Å². The Bertz CT molecular complexity index is 718. The molecule has 0 aliphatic heterocycles. The van der Waals surface area contributed by atoms with Crippen LogP contribution >= 0.6 is 0 Å². The number of nitrogens with one attached hydrogen (secondary N) is 1. The minimum atomic E-state index is -1.00. The van der Waals surface area contributed by atoms with E-state index in [9.17, 15) is 9.59 Å². The lowest BCUT2D eigenvalue weighted by molar-refractivity contribution is -0.111. The van der Waals surface area contributed by atoms with Gasteiger partial charge in [0.05, 0.1) is 12.2 Å². The molecule has 1 amide bonds. The van der Waals surface area contributed by atoms with E-state index in [1.165, 1.54) is 18.2 Å². The molecule has 2 aromatic rings. The molecule has 0 heterocycles. The van der Waals surface area contributed by atoms with Gasteiger partial charge < -0.3 is 15.2 Å². The van der Waals surface area contributed by atoms with Crippen LogP contribution in [-0.4, -0.2) is 23.6 Å². The second kappa shape index (κ2) is 8.53. The fourth-order valence-corrected chi connectivity index (χ4v) is 1.95. The largest absolute Gasteiger partial charge is 0.494 e. The Morgan fingerprint density at radius 2 is 1.75 bits per heavy atom. The van der Waals surface area contributed by atoms with E-state index in [0.29, 0.717) is 12.3 Å². The maximum Gasteiger partial charge on any atom is 0.335 e. The van der Waals surface area contributed by atoms with Crippen molar-refractivity contribution in [1.29, 1.82) is 0 Å². The van der Waals surface area contributed by atoms with Crippen LogP contribution in [0.1, 0.15) is 29.3 Å². The van der Waals surface area contributed by atoms with Crippen LogP contribution < -0.4 is 10.1 Å². The van der Waals surface area contributed by atoms with Gasteiger partial charge in [-0.2, -0.15) is 0 Å². The highest BCUT2D eigenvalue weighted by Gasteiger charge is 2.03. The lowest BCUT2D eigenvalue weighted by Gasteiger charge is -2.04. The number of carbonyl (C=O) groups excluding carboxylic acids is 1. The number of rotatable bonds is 7. The Hall–Kier alpha value is -3.08. The van der Waals surface area contributed by atoms with Gasteiger partial charge in [-0.1, -0.05) is 19.1 Å². The Kier molecular flexibility index (Phi) is 6.14. The van der Waals surface area contributed by atoms with E-state index in [-0.39, 0.29) is 11.5 Å². The smallest absolute Gasteiger partial charge is 0.335 e. The summed E-state index contributed by atoms with van der Waals surface area (Å²) < 4.78 is 5.50. The van der Waals surface area contributed by atoms with Crippen LogP contribution in [0.25, 0.3) is 6.08 Å². The molecule has 2 rings (SSSR count). The number of carboxylic acids is 1. The van der Waals surface area contributed by atoms with Crippen molar-refractivity contribution in [3.8, 4) is 5.75 Å². The van der Waals surface area contributed by atoms with Gasteiger partial charge >= 0.3 is 5.97 Å². The van der Waals surface area contributed by atoms with Crippen LogP contribution in [0, 0.1) is 0 Å². The Morgan fingerprint density at radius 3 is 2.33 bits per heavy atom. The molecule has 0 fully saturated rings. The van der Waals surface area contributed by atoms with Crippen molar-refractivity contribution in [2.24, 2.45) is 0 Å². The first kappa shape index (κ1) is 17.3. The minimum absolute atomic E-state index is 0.175. The normalized spacial score (nSPS) is 10.5. The second-order valence-corrected chi connectivity index (χ2v) is 5.12. The van der Waals surface area contributed by atoms with E-state index >= 15 is 0 Å². The van der Waals surface area contributed by atoms with E-state index in [0.717, 1.165) is 17.7 Å². The van der Waals surface area contributed by atoms with Gasteiger partial charge in [0.25, 0.3) is 0 Å². The molecule has 0 unspecified atom stereocenters. The number of aromatic carboxylic acids is 1. The molecular weight excluding hydrogens is 306 g/mol. The molecule has 0 aliphatic carbocycles. The van der Waals surface area contributed by atoms with Crippen LogP contribution in [0.4, 0.5) is 5.69 Å². The van der Waals surface area contributed by atoms with E-state index in [1.54, 1.807) is 18.2 Å². The van der Waals surface area contributed by atoms with E-state index in [4.69, 9.17) is 9.84 Å². The lowest BCUT2D eigenvalue weighted by Crippen LogP contribution is -2.08. The monoisotopic (exact) mass is 325 g/mol. The average molecular weight is 325 g/mol. The molecule has 24 heavy (non-hydrogen) atoms. The van der Waals surface area contributed by atoms with Crippen LogP contribution in [0.3, 0.4) is 0 Å². The van der Waals surface area contributed by atoms with Crippen molar-refractivity contribution in [3.05, 3.63) is 65.7 Å². The Labute approximate surface area is 140 Å². The number of carboxylic acid groups (broad SMARTS) is 1. The summed E-state index contributed by atoms with van der Waals surface area (Å²) in [6.07, 6.45) is 4.08. The predicted molar refractivity (Wildman–Crippen MR) is 93.3 cm³/mol. The fourth-order valence-electron chi connectivity index (χ4n) is 1.95. The first-order chi connectivity index (χ1) is 11.6. The SMILES string of the molecule is CCCOc1ccc(/C=C/C(=O)Nc2ccc(C(=O)O)cc2)cc1. The highest BCUT2D eigenvalue weighted by Crippen LogP contribution is 2.14. The molecule has 0 saturated carbocycles. The summed E-state index contributed by atoms with van der Waals surface area (Å²) >= 11 is 0. The summed E-state index contributed by atoms with van der Waals surface area (Å²) in [6.45, 7) is 2.73. The molecule has 0 bridgehead atoms. The summed E-state index contributed by atoms with van der Waals surface area (Å²) in [6, 6.07) is 13.4. The number of benzene rings is 2. The molecule has 2 aromatic carbocycles. The lowest BCUT2D eigenvalue weighted by atomic mass is 10.2. The molecular formula is C19H19NO4. The topological polar surface area (TPSA) is 75.6 Å². The van der Waals surface area contributed by atoms with Crippen molar-refractivity contribution >= 4 is 23.6 Å². The van der Waals surface area contributed by atoms with Gasteiger partial charge in [-0.25, -0.2) is 4.79 Å². The number of amides is 1. The van der Waals surface area contributed by atoms with Crippen LogP contribution in [0.2, 0.25) is 0 Å². The number of hydrogen-bond acceptors (Lipinski definition) is 3. The zero-order valence-corrected chi connectivity index (χ0v) is 13.4. The fraction of sp³-hybridized carbons (Fsp3) is 0.158. The van der Waals surface area contributed by atoms with Gasteiger partial charge in [0.2, 0.25) is 5.91 Å². The number of anilines is 1. The number of hydrogen-bond donors (Lipinski definition) is 2. The second-order valence-electron chi connectivity index (χ2n) is 5.12. The molecule has 5 heteroatoms. The maximum atomic E-state index is 11.9. The van der Waals surface area contributed by atoms with Crippen molar-refractivity contribution < 1.29 is 19.4 Å². The third-order valence-electron chi connectivity index (χ3n) is 3.18. The number of carbonyl (C=O) groups is 2. The van der Waals surface area contributed by atoms with Crippen molar-refractivity contribution in [2.45, 2.75) is 13.3 Å². The van der Waals surface area contributed by atoms with Gasteiger partial charge in [-0.3, -0.25) is 4.79 Å². The molecule has 0 atom stereocenters. The summed E-state index contributed by atoms with van der Waals surface area (Å²) in [7, 11) is 0. The van der Waals surface area contributed by atoms with Gasteiger partial charge in [0.1, 0.15) is 5.75 Å². The molecule has 0 spiro atoms. The maximum absolute atomic E-state index is 11.9.